The molecule has 3 heteroatoms. The van der Waals surface area contributed by atoms with E-state index < -0.39 is 0 Å². The van der Waals surface area contributed by atoms with Crippen molar-refractivity contribution in [2.24, 2.45) is 0 Å². The van der Waals surface area contributed by atoms with Crippen molar-refractivity contribution in [3.05, 3.63) is 59.2 Å². The summed E-state index contributed by atoms with van der Waals surface area (Å²) < 4.78 is 0. The van der Waals surface area contributed by atoms with Crippen molar-refractivity contribution in [3.8, 4) is 5.75 Å². The first-order valence-corrected chi connectivity index (χ1v) is 6.30. The predicted octanol–water partition coefficient (Wildman–Crippen LogP) is 3.52. The minimum Gasteiger partial charge on any atom is -0.508 e. The lowest BCUT2D eigenvalue weighted by molar-refractivity contribution is 0.102. The zero-order valence-electron chi connectivity index (χ0n) is 11.1. The van der Waals surface area contributed by atoms with Crippen LogP contribution in [0.15, 0.2) is 42.5 Å². The van der Waals surface area contributed by atoms with E-state index in [0.29, 0.717) is 5.56 Å². The summed E-state index contributed by atoms with van der Waals surface area (Å²) in [7, 11) is 0. The van der Waals surface area contributed by atoms with Gasteiger partial charge in [0.15, 0.2) is 0 Å². The zero-order chi connectivity index (χ0) is 13.8. The molecular formula is C16H17NO2. The van der Waals surface area contributed by atoms with Gasteiger partial charge in [-0.1, -0.05) is 31.2 Å². The molecule has 0 saturated heterocycles. The Morgan fingerprint density at radius 3 is 2.63 bits per heavy atom. The molecular weight excluding hydrogens is 238 g/mol. The number of hydrogen-bond donors (Lipinski definition) is 2. The van der Waals surface area contributed by atoms with Crippen molar-refractivity contribution < 1.29 is 9.90 Å². The summed E-state index contributed by atoms with van der Waals surface area (Å²) in [6.45, 7) is 4.02. The summed E-state index contributed by atoms with van der Waals surface area (Å²) in [6, 6.07) is 12.3. The molecule has 19 heavy (non-hydrogen) atoms. The van der Waals surface area contributed by atoms with Crippen LogP contribution >= 0.6 is 0 Å². The van der Waals surface area contributed by atoms with Crippen LogP contribution in [0.4, 0.5) is 5.69 Å². The van der Waals surface area contributed by atoms with E-state index in [1.54, 1.807) is 18.2 Å². The van der Waals surface area contributed by atoms with Gasteiger partial charge in [0, 0.05) is 11.3 Å². The summed E-state index contributed by atoms with van der Waals surface area (Å²) in [5.74, 6) is -0.118. The van der Waals surface area contributed by atoms with Gasteiger partial charge in [-0.2, -0.15) is 0 Å². The minimum absolute atomic E-state index is 0.0909. The number of carbonyl (C=O) groups is 1. The van der Waals surface area contributed by atoms with Crippen LogP contribution in [0.3, 0.4) is 0 Å². The summed E-state index contributed by atoms with van der Waals surface area (Å²) in [5, 5.41) is 12.3. The molecule has 1 amide bonds. The van der Waals surface area contributed by atoms with E-state index in [0.717, 1.165) is 23.2 Å². The number of para-hydroxylation sites is 1. The van der Waals surface area contributed by atoms with Crippen LogP contribution in [0.1, 0.15) is 28.4 Å². The molecule has 0 spiro atoms. The number of aromatic hydroxyl groups is 1. The molecule has 2 rings (SSSR count). The van der Waals surface area contributed by atoms with Crippen LogP contribution in [0.25, 0.3) is 0 Å². The van der Waals surface area contributed by atoms with Crippen molar-refractivity contribution in [2.45, 2.75) is 20.3 Å². The number of rotatable bonds is 3. The van der Waals surface area contributed by atoms with Crippen molar-refractivity contribution in [3.63, 3.8) is 0 Å². The lowest BCUT2D eigenvalue weighted by Gasteiger charge is -2.13. The number of carbonyl (C=O) groups excluding carboxylic acids is 1. The topological polar surface area (TPSA) is 49.3 Å². The lowest BCUT2D eigenvalue weighted by atomic mass is 10.1. The van der Waals surface area contributed by atoms with Gasteiger partial charge in [-0.3, -0.25) is 4.79 Å². The number of phenolic OH excluding ortho intramolecular Hbond substituents is 1. The average Bonchev–Trinajstić information content (AvgIpc) is 2.41. The molecule has 0 saturated carbocycles. The molecule has 0 bridgehead atoms. The molecule has 3 nitrogen and oxygen atoms in total. The predicted molar refractivity (Wildman–Crippen MR) is 76.6 cm³/mol. The molecule has 0 radical (unpaired) electrons. The Balaban J connectivity index is 2.29. The highest BCUT2D eigenvalue weighted by Crippen LogP contribution is 2.22. The van der Waals surface area contributed by atoms with Crippen LogP contribution < -0.4 is 5.32 Å². The van der Waals surface area contributed by atoms with E-state index in [1.807, 2.05) is 25.1 Å². The van der Waals surface area contributed by atoms with Gasteiger partial charge in [0.05, 0.1) is 0 Å². The molecule has 0 fully saturated rings. The monoisotopic (exact) mass is 255 g/mol. The maximum Gasteiger partial charge on any atom is 0.255 e. The normalized spacial score (nSPS) is 10.2. The molecule has 0 atom stereocenters. The fourth-order valence-electron chi connectivity index (χ4n) is 2.03. The first kappa shape index (κ1) is 13.1. The minimum atomic E-state index is -0.208. The van der Waals surface area contributed by atoms with Gasteiger partial charge in [-0.05, 0) is 42.7 Å². The van der Waals surface area contributed by atoms with Crippen LogP contribution in [0.2, 0.25) is 0 Å². The third-order valence-corrected chi connectivity index (χ3v) is 3.09. The Kier molecular flexibility index (Phi) is 3.85. The first-order chi connectivity index (χ1) is 9.11. The van der Waals surface area contributed by atoms with Gasteiger partial charge in [-0.25, -0.2) is 0 Å². The summed E-state index contributed by atoms with van der Waals surface area (Å²) in [5.41, 5.74) is 3.45. The van der Waals surface area contributed by atoms with Gasteiger partial charge >= 0.3 is 0 Å². The second kappa shape index (κ2) is 5.57. The Morgan fingerprint density at radius 2 is 1.95 bits per heavy atom. The van der Waals surface area contributed by atoms with Crippen LogP contribution in [0.5, 0.6) is 5.75 Å². The number of aryl methyl sites for hydroxylation is 2. The highest BCUT2D eigenvalue weighted by molar-refractivity contribution is 6.05. The Labute approximate surface area is 112 Å². The van der Waals surface area contributed by atoms with E-state index in [4.69, 9.17) is 0 Å². The quantitative estimate of drug-likeness (QED) is 0.881. The molecule has 98 valence electrons. The molecule has 0 aliphatic rings. The van der Waals surface area contributed by atoms with E-state index in [2.05, 4.69) is 12.2 Å². The fourth-order valence-corrected chi connectivity index (χ4v) is 2.03. The maximum absolute atomic E-state index is 12.2. The Hall–Kier alpha value is -2.29. The largest absolute Gasteiger partial charge is 0.508 e. The molecule has 0 aliphatic carbocycles. The van der Waals surface area contributed by atoms with E-state index in [-0.39, 0.29) is 11.7 Å². The van der Waals surface area contributed by atoms with Crippen molar-refractivity contribution in [2.75, 3.05) is 5.32 Å². The highest BCUT2D eigenvalue weighted by Gasteiger charge is 2.10. The fraction of sp³-hybridized carbons (Fsp3) is 0.188. The number of phenols is 1. The number of nitrogens with one attached hydrogen (secondary N) is 1. The molecule has 2 N–H and O–H groups in total. The van der Waals surface area contributed by atoms with E-state index in [1.165, 1.54) is 6.07 Å². The third kappa shape index (κ3) is 2.94. The van der Waals surface area contributed by atoms with Crippen LogP contribution in [-0.2, 0) is 6.42 Å². The van der Waals surface area contributed by atoms with Crippen molar-refractivity contribution in [1.29, 1.82) is 0 Å². The van der Waals surface area contributed by atoms with Gasteiger partial charge < -0.3 is 10.4 Å². The average molecular weight is 255 g/mol. The summed E-state index contributed by atoms with van der Waals surface area (Å²) >= 11 is 0. The van der Waals surface area contributed by atoms with Gasteiger partial charge in [0.25, 0.3) is 5.91 Å². The van der Waals surface area contributed by atoms with Crippen molar-refractivity contribution in [1.82, 2.24) is 0 Å². The van der Waals surface area contributed by atoms with Gasteiger partial charge in [0.1, 0.15) is 5.75 Å². The standard InChI is InChI=1S/C16H17NO2/c1-3-12-7-4-6-11(2)15(12)17-16(19)13-8-5-9-14(18)10-13/h4-10,18H,3H2,1-2H3,(H,17,19). The highest BCUT2D eigenvalue weighted by atomic mass is 16.3. The third-order valence-electron chi connectivity index (χ3n) is 3.09. The molecule has 0 aliphatic heterocycles. The zero-order valence-corrected chi connectivity index (χ0v) is 11.1. The van der Waals surface area contributed by atoms with Gasteiger partial charge in [0.2, 0.25) is 0 Å². The molecule has 2 aromatic rings. The Morgan fingerprint density at radius 1 is 1.21 bits per heavy atom. The van der Waals surface area contributed by atoms with Crippen LogP contribution in [0, 0.1) is 6.92 Å². The number of benzene rings is 2. The maximum atomic E-state index is 12.2. The lowest BCUT2D eigenvalue weighted by Crippen LogP contribution is -2.14. The molecule has 0 unspecified atom stereocenters. The molecule has 0 heterocycles. The number of amides is 1. The van der Waals surface area contributed by atoms with Crippen LogP contribution in [-0.4, -0.2) is 11.0 Å². The summed E-state index contributed by atoms with van der Waals surface area (Å²) in [4.78, 5) is 12.2. The number of hydrogen-bond acceptors (Lipinski definition) is 2. The Bertz CT molecular complexity index is 605. The summed E-state index contributed by atoms with van der Waals surface area (Å²) in [6.07, 6.45) is 0.858. The molecule has 0 aromatic heterocycles. The SMILES string of the molecule is CCc1cccc(C)c1NC(=O)c1cccc(O)c1. The molecule has 2 aromatic carbocycles. The van der Waals surface area contributed by atoms with E-state index in [9.17, 15) is 9.90 Å². The second-order valence-corrected chi connectivity index (χ2v) is 4.47. The second-order valence-electron chi connectivity index (χ2n) is 4.47. The first-order valence-electron chi connectivity index (χ1n) is 6.30. The smallest absolute Gasteiger partial charge is 0.255 e. The number of anilines is 1. The van der Waals surface area contributed by atoms with E-state index >= 15 is 0 Å². The van der Waals surface area contributed by atoms with Gasteiger partial charge in [-0.15, -0.1) is 0 Å². The van der Waals surface area contributed by atoms with Crippen molar-refractivity contribution >= 4 is 11.6 Å².